The highest BCUT2D eigenvalue weighted by Crippen LogP contribution is 2.30. The van der Waals surface area contributed by atoms with Crippen LogP contribution >= 0.6 is 0 Å². The summed E-state index contributed by atoms with van der Waals surface area (Å²) < 4.78 is 5.92. The van der Waals surface area contributed by atoms with E-state index in [1.54, 1.807) is 0 Å². The van der Waals surface area contributed by atoms with Gasteiger partial charge in [-0.3, -0.25) is 0 Å². The Balaban J connectivity index is 2.56. The Kier molecular flexibility index (Phi) is 6.10. The summed E-state index contributed by atoms with van der Waals surface area (Å²) in [5.74, 6) is 0.964. The second-order valence-electron chi connectivity index (χ2n) is 5.96. The van der Waals surface area contributed by atoms with Crippen LogP contribution in [0, 0.1) is 0 Å². The molecule has 0 amide bonds. The fourth-order valence-corrected chi connectivity index (χ4v) is 1.88. The van der Waals surface area contributed by atoms with Crippen molar-refractivity contribution in [1.29, 1.82) is 0 Å². The van der Waals surface area contributed by atoms with Crippen LogP contribution in [0.4, 0.5) is 0 Å². The van der Waals surface area contributed by atoms with Crippen molar-refractivity contribution in [1.82, 2.24) is 5.32 Å². The van der Waals surface area contributed by atoms with Crippen LogP contribution < -0.4 is 10.1 Å². The smallest absolute Gasteiger partial charge is 0.123 e. The predicted molar refractivity (Wildman–Crippen MR) is 82.9 cm³/mol. The van der Waals surface area contributed by atoms with Crippen LogP contribution in [0.25, 0.3) is 0 Å². The van der Waals surface area contributed by atoms with E-state index >= 15 is 0 Å². The summed E-state index contributed by atoms with van der Waals surface area (Å²) in [5, 5.41) is 3.34. The molecule has 0 spiro atoms. The monoisotopic (exact) mass is 261 g/mol. The largest absolute Gasteiger partial charge is 0.489 e. The molecule has 1 aromatic carbocycles. The molecule has 0 aromatic heterocycles. The molecule has 1 N–H and O–H groups in total. The molecule has 0 bridgehead atoms. The summed E-state index contributed by atoms with van der Waals surface area (Å²) in [6, 6.07) is 8.24. The number of ether oxygens (including phenoxy) is 1. The summed E-state index contributed by atoms with van der Waals surface area (Å²) in [4.78, 5) is 0. The first-order valence-electron chi connectivity index (χ1n) is 7.05. The van der Waals surface area contributed by atoms with Gasteiger partial charge in [0.15, 0.2) is 0 Å². The van der Waals surface area contributed by atoms with Crippen LogP contribution in [-0.4, -0.2) is 19.7 Å². The molecule has 0 radical (unpaired) electrons. The Labute approximate surface area is 117 Å². The van der Waals surface area contributed by atoms with Crippen LogP contribution in [0.1, 0.15) is 39.7 Å². The van der Waals surface area contributed by atoms with Gasteiger partial charge in [-0.1, -0.05) is 52.5 Å². The van der Waals surface area contributed by atoms with Crippen LogP contribution in [0.15, 0.2) is 36.4 Å². The van der Waals surface area contributed by atoms with Gasteiger partial charge in [0.25, 0.3) is 0 Å². The average molecular weight is 261 g/mol. The van der Waals surface area contributed by atoms with Gasteiger partial charge in [0.1, 0.15) is 12.4 Å². The van der Waals surface area contributed by atoms with E-state index < -0.39 is 0 Å². The number of hydrogen-bond acceptors (Lipinski definition) is 2. The van der Waals surface area contributed by atoms with Crippen molar-refractivity contribution in [2.45, 2.75) is 39.5 Å². The molecule has 0 aliphatic rings. The third-order valence-corrected chi connectivity index (χ3v) is 2.93. The minimum absolute atomic E-state index is 0.0956. The zero-order valence-electron chi connectivity index (χ0n) is 12.8. The summed E-state index contributed by atoms with van der Waals surface area (Å²) in [5.41, 5.74) is 2.42. The highest BCUT2D eigenvalue weighted by atomic mass is 16.5. The van der Waals surface area contributed by atoms with Gasteiger partial charge >= 0.3 is 0 Å². The first-order chi connectivity index (χ1) is 8.95. The highest BCUT2D eigenvalue weighted by molar-refractivity contribution is 5.38. The molecule has 0 saturated heterocycles. The molecule has 0 saturated carbocycles. The van der Waals surface area contributed by atoms with Crippen molar-refractivity contribution in [2.24, 2.45) is 0 Å². The number of para-hydroxylation sites is 1. The standard InChI is InChI=1S/C17H27NO/c1-6-11-18-12-14(2)13-19-16-10-8-7-9-15(16)17(3,4)5/h7-10,18H,2,6,11-13H2,1,3-5H3. The first kappa shape index (κ1) is 15.8. The third-order valence-electron chi connectivity index (χ3n) is 2.93. The normalized spacial score (nSPS) is 11.4. The minimum Gasteiger partial charge on any atom is -0.489 e. The number of hydrogen-bond donors (Lipinski definition) is 1. The maximum Gasteiger partial charge on any atom is 0.123 e. The van der Waals surface area contributed by atoms with Crippen LogP contribution in [-0.2, 0) is 5.41 Å². The lowest BCUT2D eigenvalue weighted by molar-refractivity contribution is 0.337. The van der Waals surface area contributed by atoms with E-state index in [2.05, 4.69) is 51.7 Å². The average Bonchev–Trinajstić information content (AvgIpc) is 2.36. The Hall–Kier alpha value is -1.28. The zero-order valence-corrected chi connectivity index (χ0v) is 12.8. The van der Waals surface area contributed by atoms with E-state index in [1.807, 2.05) is 12.1 Å². The Bertz CT molecular complexity index is 404. The first-order valence-corrected chi connectivity index (χ1v) is 7.05. The molecule has 0 atom stereocenters. The minimum atomic E-state index is 0.0956. The van der Waals surface area contributed by atoms with Crippen molar-refractivity contribution in [3.05, 3.63) is 42.0 Å². The molecule has 19 heavy (non-hydrogen) atoms. The fourth-order valence-electron chi connectivity index (χ4n) is 1.88. The van der Waals surface area contributed by atoms with Gasteiger partial charge in [0.2, 0.25) is 0 Å². The van der Waals surface area contributed by atoms with E-state index in [-0.39, 0.29) is 5.41 Å². The Morgan fingerprint density at radius 3 is 2.58 bits per heavy atom. The van der Waals surface area contributed by atoms with Gasteiger partial charge in [0, 0.05) is 6.54 Å². The summed E-state index contributed by atoms with van der Waals surface area (Å²) in [6.45, 7) is 15.2. The van der Waals surface area contributed by atoms with Crippen molar-refractivity contribution in [3.8, 4) is 5.75 Å². The van der Waals surface area contributed by atoms with E-state index in [4.69, 9.17) is 4.74 Å². The molecule has 1 aromatic rings. The van der Waals surface area contributed by atoms with Crippen LogP contribution in [0.2, 0.25) is 0 Å². The molecule has 0 heterocycles. The van der Waals surface area contributed by atoms with Crippen molar-refractivity contribution < 1.29 is 4.74 Å². The second-order valence-corrected chi connectivity index (χ2v) is 5.96. The predicted octanol–water partition coefficient (Wildman–Crippen LogP) is 3.92. The zero-order chi connectivity index (χ0) is 14.3. The van der Waals surface area contributed by atoms with Gasteiger partial charge in [-0.25, -0.2) is 0 Å². The van der Waals surface area contributed by atoms with E-state index in [1.165, 1.54) is 5.56 Å². The molecule has 0 unspecified atom stereocenters. The highest BCUT2D eigenvalue weighted by Gasteiger charge is 2.18. The second kappa shape index (κ2) is 7.34. The molecule has 0 aliphatic heterocycles. The van der Waals surface area contributed by atoms with Crippen molar-refractivity contribution in [3.63, 3.8) is 0 Å². The van der Waals surface area contributed by atoms with Gasteiger partial charge in [-0.05, 0) is 35.6 Å². The molecule has 2 nitrogen and oxygen atoms in total. The molecule has 1 rings (SSSR count). The van der Waals surface area contributed by atoms with Gasteiger partial charge in [-0.15, -0.1) is 0 Å². The van der Waals surface area contributed by atoms with Crippen molar-refractivity contribution >= 4 is 0 Å². The Morgan fingerprint density at radius 1 is 1.26 bits per heavy atom. The summed E-state index contributed by atoms with van der Waals surface area (Å²) in [6.07, 6.45) is 1.14. The number of nitrogens with one attached hydrogen (secondary N) is 1. The lowest BCUT2D eigenvalue weighted by atomic mass is 9.86. The van der Waals surface area contributed by atoms with Gasteiger partial charge < -0.3 is 10.1 Å². The number of rotatable bonds is 7. The SMILES string of the molecule is C=C(CNCCC)COc1ccccc1C(C)(C)C. The Morgan fingerprint density at radius 2 is 1.95 bits per heavy atom. The quantitative estimate of drug-likeness (QED) is 0.593. The molecule has 0 aliphatic carbocycles. The molecular weight excluding hydrogens is 234 g/mol. The van der Waals surface area contributed by atoms with E-state index in [0.717, 1.165) is 30.8 Å². The lowest BCUT2D eigenvalue weighted by Gasteiger charge is -2.23. The lowest BCUT2D eigenvalue weighted by Crippen LogP contribution is -2.21. The van der Waals surface area contributed by atoms with Gasteiger partial charge in [0.05, 0.1) is 0 Å². The molecule has 0 fully saturated rings. The maximum absolute atomic E-state index is 5.92. The summed E-state index contributed by atoms with van der Waals surface area (Å²) >= 11 is 0. The summed E-state index contributed by atoms with van der Waals surface area (Å²) in [7, 11) is 0. The molecule has 106 valence electrons. The molecule has 2 heteroatoms. The van der Waals surface area contributed by atoms with E-state index in [0.29, 0.717) is 6.61 Å². The molecular formula is C17H27NO. The van der Waals surface area contributed by atoms with Crippen LogP contribution in [0.5, 0.6) is 5.75 Å². The van der Waals surface area contributed by atoms with Gasteiger partial charge in [-0.2, -0.15) is 0 Å². The topological polar surface area (TPSA) is 21.3 Å². The maximum atomic E-state index is 5.92. The van der Waals surface area contributed by atoms with E-state index in [9.17, 15) is 0 Å². The van der Waals surface area contributed by atoms with Crippen LogP contribution in [0.3, 0.4) is 0 Å². The number of benzene rings is 1. The fraction of sp³-hybridized carbons (Fsp3) is 0.529. The third kappa shape index (κ3) is 5.48. The van der Waals surface area contributed by atoms with Crippen molar-refractivity contribution in [2.75, 3.05) is 19.7 Å².